The van der Waals surface area contributed by atoms with Crippen molar-refractivity contribution in [1.29, 1.82) is 0 Å². The normalized spacial score (nSPS) is 17.5. The Hall–Kier alpha value is -1.64. The van der Waals surface area contributed by atoms with Gasteiger partial charge in [0.05, 0.1) is 13.2 Å². The number of fused-ring (bicyclic) bond motifs is 1. The number of hydrogen-bond donors (Lipinski definition) is 3. The SMILES string of the molecule is CCCCCCSc1nc(N)nc2c1ncn2/C=C1/CC1(CO)CO. The largest absolute Gasteiger partial charge is 0.395 e. The minimum absolute atomic E-state index is 0.0576. The van der Waals surface area contributed by atoms with Gasteiger partial charge in [-0.15, -0.1) is 11.8 Å². The second-order valence-electron chi connectivity index (χ2n) is 6.55. The molecule has 0 aliphatic heterocycles. The molecule has 4 N–H and O–H groups in total. The molecule has 1 saturated carbocycles. The van der Waals surface area contributed by atoms with Crippen LogP contribution in [0.2, 0.25) is 0 Å². The van der Waals surface area contributed by atoms with Crippen molar-refractivity contribution in [2.24, 2.45) is 5.41 Å². The van der Waals surface area contributed by atoms with Crippen LogP contribution < -0.4 is 5.73 Å². The first kappa shape index (κ1) is 18.2. The molecule has 3 rings (SSSR count). The summed E-state index contributed by atoms with van der Waals surface area (Å²) in [4.78, 5) is 13.1. The highest BCUT2D eigenvalue weighted by molar-refractivity contribution is 7.99. The highest BCUT2D eigenvalue weighted by Crippen LogP contribution is 2.51. The third-order valence-corrected chi connectivity index (χ3v) is 5.68. The molecule has 25 heavy (non-hydrogen) atoms. The predicted octanol–water partition coefficient (Wildman–Crippen LogP) is 2.30. The van der Waals surface area contributed by atoms with E-state index in [1.807, 2.05) is 6.20 Å². The summed E-state index contributed by atoms with van der Waals surface area (Å²) >= 11 is 1.66. The Kier molecular flexibility index (Phi) is 5.61. The van der Waals surface area contributed by atoms with Gasteiger partial charge in [-0.2, -0.15) is 4.98 Å². The summed E-state index contributed by atoms with van der Waals surface area (Å²) in [6, 6.07) is 0. The Labute approximate surface area is 151 Å². The average Bonchev–Trinajstić information content (AvgIpc) is 3.18. The van der Waals surface area contributed by atoms with E-state index in [-0.39, 0.29) is 19.2 Å². The van der Waals surface area contributed by atoms with Gasteiger partial charge >= 0.3 is 0 Å². The van der Waals surface area contributed by atoms with Gasteiger partial charge in [0.2, 0.25) is 5.95 Å². The molecule has 0 unspecified atom stereocenters. The van der Waals surface area contributed by atoms with E-state index in [2.05, 4.69) is 21.9 Å². The number of aromatic nitrogens is 4. The number of nitrogens with zero attached hydrogens (tertiary/aromatic N) is 4. The Morgan fingerprint density at radius 3 is 2.76 bits per heavy atom. The van der Waals surface area contributed by atoms with Crippen molar-refractivity contribution in [3.63, 3.8) is 0 Å². The number of nitrogens with two attached hydrogens (primary N) is 1. The summed E-state index contributed by atoms with van der Waals surface area (Å²) in [6.07, 6.45) is 9.08. The van der Waals surface area contributed by atoms with Crippen molar-refractivity contribution in [3.8, 4) is 0 Å². The number of aliphatic hydroxyl groups is 2. The molecule has 2 aromatic heterocycles. The van der Waals surface area contributed by atoms with E-state index in [0.717, 1.165) is 28.3 Å². The number of unbranched alkanes of at least 4 members (excludes halogenated alkanes) is 3. The quantitative estimate of drug-likeness (QED) is 0.356. The lowest BCUT2D eigenvalue weighted by atomic mass is 10.1. The summed E-state index contributed by atoms with van der Waals surface area (Å²) in [5.41, 5.74) is 7.78. The number of rotatable bonds is 9. The highest BCUT2D eigenvalue weighted by Gasteiger charge is 2.48. The van der Waals surface area contributed by atoms with Gasteiger partial charge in [-0.25, -0.2) is 9.97 Å². The van der Waals surface area contributed by atoms with Gasteiger partial charge in [-0.1, -0.05) is 26.2 Å². The van der Waals surface area contributed by atoms with Crippen molar-refractivity contribution in [3.05, 3.63) is 11.9 Å². The number of thioether (sulfide) groups is 1. The van der Waals surface area contributed by atoms with Crippen molar-refractivity contribution >= 4 is 35.1 Å². The maximum Gasteiger partial charge on any atom is 0.223 e. The summed E-state index contributed by atoms with van der Waals surface area (Å²) in [5, 5.41) is 19.7. The maximum atomic E-state index is 9.44. The zero-order chi connectivity index (χ0) is 17.9. The smallest absolute Gasteiger partial charge is 0.223 e. The van der Waals surface area contributed by atoms with Crippen LogP contribution >= 0.6 is 11.8 Å². The van der Waals surface area contributed by atoms with Gasteiger partial charge in [-0.05, 0) is 24.2 Å². The van der Waals surface area contributed by atoms with Crippen LogP contribution in [0.25, 0.3) is 17.4 Å². The third kappa shape index (κ3) is 3.80. The molecule has 7 nitrogen and oxygen atoms in total. The van der Waals surface area contributed by atoms with Crippen molar-refractivity contribution in [1.82, 2.24) is 19.5 Å². The molecular weight excluding hydrogens is 338 g/mol. The molecule has 0 bridgehead atoms. The fourth-order valence-corrected chi connectivity index (χ4v) is 3.82. The van der Waals surface area contributed by atoms with Crippen LogP contribution in [0.15, 0.2) is 16.9 Å². The lowest BCUT2D eigenvalue weighted by molar-refractivity contribution is 0.143. The Bertz CT molecular complexity index is 770. The maximum absolute atomic E-state index is 9.44. The topological polar surface area (TPSA) is 110 Å². The molecule has 8 heteroatoms. The molecule has 0 aromatic carbocycles. The number of aliphatic hydroxyl groups excluding tert-OH is 2. The Balaban J connectivity index is 1.80. The van der Waals surface area contributed by atoms with E-state index in [9.17, 15) is 10.2 Å². The van der Waals surface area contributed by atoms with Crippen LogP contribution in [0.3, 0.4) is 0 Å². The monoisotopic (exact) mass is 363 g/mol. The summed E-state index contributed by atoms with van der Waals surface area (Å²) in [5.74, 6) is 1.22. The zero-order valence-corrected chi connectivity index (χ0v) is 15.3. The Morgan fingerprint density at radius 2 is 2.08 bits per heavy atom. The van der Waals surface area contributed by atoms with Crippen LogP contribution in [-0.4, -0.2) is 48.7 Å². The molecular formula is C17H25N5O2S. The second-order valence-corrected chi connectivity index (χ2v) is 7.63. The molecule has 2 aromatic rings. The van der Waals surface area contributed by atoms with Gasteiger partial charge in [0.1, 0.15) is 16.9 Å². The predicted molar refractivity (Wildman–Crippen MR) is 100 cm³/mol. The number of hydrogen-bond acceptors (Lipinski definition) is 7. The standard InChI is InChI=1S/C17H25N5O2S/c1-2-3-4-5-6-25-15-13-14(20-16(18)21-15)22(11-19-13)8-12-7-17(12,9-23)10-24/h8,11,23-24H,2-7,9-10H2,1H3,(H2,18,20,21)/b12-8-. The number of imidazole rings is 1. The molecule has 0 atom stereocenters. The van der Waals surface area contributed by atoms with Gasteiger partial charge in [-0.3, -0.25) is 4.57 Å². The first-order valence-electron chi connectivity index (χ1n) is 8.69. The molecule has 0 saturated heterocycles. The molecule has 0 amide bonds. The van der Waals surface area contributed by atoms with Crippen LogP contribution in [0, 0.1) is 5.41 Å². The molecule has 136 valence electrons. The first-order chi connectivity index (χ1) is 12.1. The molecule has 0 radical (unpaired) electrons. The number of anilines is 1. The van der Waals surface area contributed by atoms with E-state index < -0.39 is 5.41 Å². The number of nitrogen functional groups attached to an aromatic ring is 1. The fraction of sp³-hybridized carbons (Fsp3) is 0.588. The minimum atomic E-state index is -0.494. The summed E-state index contributed by atoms with van der Waals surface area (Å²) < 4.78 is 1.80. The van der Waals surface area contributed by atoms with E-state index in [1.54, 1.807) is 22.7 Å². The lowest BCUT2D eigenvalue weighted by Crippen LogP contribution is -2.12. The molecule has 1 aliphatic carbocycles. The van der Waals surface area contributed by atoms with E-state index in [0.29, 0.717) is 12.1 Å². The van der Waals surface area contributed by atoms with E-state index >= 15 is 0 Å². The van der Waals surface area contributed by atoms with Gasteiger partial charge in [0.25, 0.3) is 0 Å². The molecule has 1 fully saturated rings. The average molecular weight is 363 g/mol. The van der Waals surface area contributed by atoms with Crippen LogP contribution in [0.4, 0.5) is 5.95 Å². The van der Waals surface area contributed by atoms with Gasteiger partial charge in [0, 0.05) is 11.6 Å². The zero-order valence-electron chi connectivity index (χ0n) is 14.5. The third-order valence-electron chi connectivity index (χ3n) is 4.63. The summed E-state index contributed by atoms with van der Waals surface area (Å²) in [6.45, 7) is 2.08. The molecule has 2 heterocycles. The van der Waals surface area contributed by atoms with E-state index in [1.165, 1.54) is 19.3 Å². The van der Waals surface area contributed by atoms with Crippen molar-refractivity contribution in [2.45, 2.75) is 44.1 Å². The van der Waals surface area contributed by atoms with E-state index in [4.69, 9.17) is 5.73 Å². The second kappa shape index (κ2) is 7.72. The first-order valence-corrected chi connectivity index (χ1v) is 9.68. The Morgan fingerprint density at radius 1 is 1.28 bits per heavy atom. The van der Waals surface area contributed by atoms with Crippen LogP contribution in [-0.2, 0) is 0 Å². The van der Waals surface area contributed by atoms with Crippen LogP contribution in [0.1, 0.15) is 39.0 Å². The van der Waals surface area contributed by atoms with Gasteiger partial charge in [0.15, 0.2) is 5.65 Å². The minimum Gasteiger partial charge on any atom is -0.395 e. The summed E-state index contributed by atoms with van der Waals surface area (Å²) in [7, 11) is 0. The van der Waals surface area contributed by atoms with Crippen molar-refractivity contribution in [2.75, 3.05) is 24.7 Å². The van der Waals surface area contributed by atoms with Crippen molar-refractivity contribution < 1.29 is 10.2 Å². The lowest BCUT2D eigenvalue weighted by Gasteiger charge is -2.05. The molecule has 1 aliphatic rings. The highest BCUT2D eigenvalue weighted by atomic mass is 32.2. The van der Waals surface area contributed by atoms with Gasteiger partial charge < -0.3 is 15.9 Å². The molecule has 0 spiro atoms. The fourth-order valence-electron chi connectivity index (χ4n) is 2.84. The van der Waals surface area contributed by atoms with Crippen LogP contribution in [0.5, 0.6) is 0 Å².